The van der Waals surface area contributed by atoms with Crippen molar-refractivity contribution >= 4 is 28.9 Å². The summed E-state index contributed by atoms with van der Waals surface area (Å²) in [5, 5.41) is 4.41. The van der Waals surface area contributed by atoms with E-state index in [1.807, 2.05) is 24.3 Å². The summed E-state index contributed by atoms with van der Waals surface area (Å²) < 4.78 is 18.9. The van der Waals surface area contributed by atoms with Crippen LogP contribution in [0.4, 0.5) is 10.1 Å². The van der Waals surface area contributed by atoms with Crippen LogP contribution in [0.2, 0.25) is 10.0 Å². The number of rotatable bonds is 6. The Kier molecular flexibility index (Phi) is 5.79. The first-order valence-corrected chi connectivity index (χ1v) is 8.52. The van der Waals surface area contributed by atoms with Crippen molar-refractivity contribution in [1.29, 1.82) is 0 Å². The van der Waals surface area contributed by atoms with Crippen LogP contribution in [-0.4, -0.2) is 0 Å². The zero-order chi connectivity index (χ0) is 17.6. The minimum absolute atomic E-state index is 0.258. The fraction of sp³-hybridized carbons (Fsp3) is 0.100. The molecular weight excluding hydrogens is 360 g/mol. The van der Waals surface area contributed by atoms with E-state index in [9.17, 15) is 4.39 Å². The van der Waals surface area contributed by atoms with Gasteiger partial charge in [-0.1, -0.05) is 47.5 Å². The molecule has 2 nitrogen and oxygen atoms in total. The van der Waals surface area contributed by atoms with Gasteiger partial charge in [-0.15, -0.1) is 0 Å². The normalized spacial score (nSPS) is 10.5. The van der Waals surface area contributed by atoms with E-state index in [2.05, 4.69) is 5.32 Å². The fourth-order valence-electron chi connectivity index (χ4n) is 2.38. The van der Waals surface area contributed by atoms with Crippen molar-refractivity contribution in [2.75, 3.05) is 5.32 Å². The number of nitrogens with one attached hydrogen (secondary N) is 1. The maximum absolute atomic E-state index is 13.0. The van der Waals surface area contributed by atoms with E-state index in [0.717, 1.165) is 22.6 Å². The molecule has 0 fully saturated rings. The SMILES string of the molecule is Fc1ccc(NCc2ccccc2OCc2c(Cl)cccc2Cl)cc1. The standard InChI is InChI=1S/C20H16Cl2FNO/c21-18-5-3-6-19(22)17(18)13-25-20-7-2-1-4-14(20)12-24-16-10-8-15(23)9-11-16/h1-11,24H,12-13H2. The Labute approximate surface area is 156 Å². The topological polar surface area (TPSA) is 21.3 Å². The molecule has 3 aromatic carbocycles. The van der Waals surface area contributed by atoms with Crippen molar-refractivity contribution in [3.05, 3.63) is 93.7 Å². The lowest BCUT2D eigenvalue weighted by Gasteiger charge is -2.14. The molecule has 0 aliphatic heterocycles. The quantitative estimate of drug-likeness (QED) is 0.543. The lowest BCUT2D eigenvalue weighted by atomic mass is 10.2. The molecule has 0 aliphatic carbocycles. The highest BCUT2D eigenvalue weighted by molar-refractivity contribution is 6.35. The smallest absolute Gasteiger partial charge is 0.124 e. The average Bonchev–Trinajstić information content (AvgIpc) is 2.62. The summed E-state index contributed by atoms with van der Waals surface area (Å²) in [6.45, 7) is 0.837. The Hall–Kier alpha value is -2.23. The molecule has 0 aromatic heterocycles. The van der Waals surface area contributed by atoms with Gasteiger partial charge < -0.3 is 10.1 Å². The first-order valence-electron chi connectivity index (χ1n) is 7.76. The number of halogens is 3. The highest BCUT2D eigenvalue weighted by atomic mass is 35.5. The molecule has 0 radical (unpaired) electrons. The van der Waals surface area contributed by atoms with E-state index in [1.54, 1.807) is 30.3 Å². The summed E-state index contributed by atoms with van der Waals surface area (Å²) in [5.74, 6) is 0.485. The van der Waals surface area contributed by atoms with E-state index in [0.29, 0.717) is 16.6 Å². The van der Waals surface area contributed by atoms with Crippen LogP contribution in [-0.2, 0) is 13.2 Å². The summed E-state index contributed by atoms with van der Waals surface area (Å²) in [6.07, 6.45) is 0. The summed E-state index contributed by atoms with van der Waals surface area (Å²) in [7, 11) is 0. The fourth-order valence-corrected chi connectivity index (χ4v) is 2.88. The summed E-state index contributed by atoms with van der Waals surface area (Å²) in [6, 6.07) is 19.3. The number of hydrogen-bond donors (Lipinski definition) is 1. The van der Waals surface area contributed by atoms with E-state index in [4.69, 9.17) is 27.9 Å². The number of benzene rings is 3. The molecule has 0 aliphatic rings. The average molecular weight is 376 g/mol. The molecular formula is C20H16Cl2FNO. The molecule has 0 unspecified atom stereocenters. The van der Waals surface area contributed by atoms with Crippen LogP contribution in [0.3, 0.4) is 0 Å². The molecule has 0 amide bonds. The largest absolute Gasteiger partial charge is 0.488 e. The van der Waals surface area contributed by atoms with Crippen LogP contribution in [0.5, 0.6) is 5.75 Å². The number of ether oxygens (including phenoxy) is 1. The van der Waals surface area contributed by atoms with E-state index >= 15 is 0 Å². The predicted molar refractivity (Wildman–Crippen MR) is 101 cm³/mol. The predicted octanol–water partition coefficient (Wildman–Crippen LogP) is 6.32. The van der Waals surface area contributed by atoms with Crippen LogP contribution in [0, 0.1) is 5.82 Å². The molecule has 0 spiro atoms. The van der Waals surface area contributed by atoms with Gasteiger partial charge in [-0.25, -0.2) is 4.39 Å². The van der Waals surface area contributed by atoms with Crippen LogP contribution >= 0.6 is 23.2 Å². The van der Waals surface area contributed by atoms with Crippen molar-refractivity contribution in [1.82, 2.24) is 0 Å². The number of anilines is 1. The molecule has 1 N–H and O–H groups in total. The van der Waals surface area contributed by atoms with Gasteiger partial charge in [0.1, 0.15) is 18.2 Å². The minimum atomic E-state index is -0.258. The van der Waals surface area contributed by atoms with Crippen molar-refractivity contribution in [2.45, 2.75) is 13.2 Å². The van der Waals surface area contributed by atoms with Crippen LogP contribution < -0.4 is 10.1 Å². The molecule has 0 bridgehead atoms. The van der Waals surface area contributed by atoms with E-state index < -0.39 is 0 Å². The molecule has 3 rings (SSSR count). The van der Waals surface area contributed by atoms with Gasteiger partial charge in [-0.2, -0.15) is 0 Å². The maximum Gasteiger partial charge on any atom is 0.124 e. The maximum atomic E-state index is 13.0. The van der Waals surface area contributed by atoms with Gasteiger partial charge >= 0.3 is 0 Å². The lowest BCUT2D eigenvalue weighted by molar-refractivity contribution is 0.303. The second kappa shape index (κ2) is 8.24. The van der Waals surface area contributed by atoms with Gasteiger partial charge in [0.2, 0.25) is 0 Å². The van der Waals surface area contributed by atoms with Crippen LogP contribution in [0.15, 0.2) is 66.7 Å². The Balaban J connectivity index is 1.69. The summed E-state index contributed by atoms with van der Waals surface area (Å²) in [5.41, 5.74) is 2.58. The van der Waals surface area contributed by atoms with Crippen LogP contribution in [0.1, 0.15) is 11.1 Å². The van der Waals surface area contributed by atoms with Gasteiger partial charge in [0, 0.05) is 33.4 Å². The van der Waals surface area contributed by atoms with Crippen molar-refractivity contribution < 1.29 is 9.13 Å². The minimum Gasteiger partial charge on any atom is -0.488 e. The Morgan fingerprint density at radius 2 is 1.52 bits per heavy atom. The Morgan fingerprint density at radius 3 is 2.24 bits per heavy atom. The zero-order valence-corrected chi connectivity index (χ0v) is 14.8. The highest BCUT2D eigenvalue weighted by Gasteiger charge is 2.08. The lowest BCUT2D eigenvalue weighted by Crippen LogP contribution is -2.04. The van der Waals surface area contributed by atoms with E-state index in [1.165, 1.54) is 12.1 Å². The molecule has 0 saturated heterocycles. The zero-order valence-electron chi connectivity index (χ0n) is 13.3. The number of hydrogen-bond acceptors (Lipinski definition) is 2. The van der Waals surface area contributed by atoms with Gasteiger partial charge in [-0.05, 0) is 42.5 Å². The van der Waals surface area contributed by atoms with Crippen molar-refractivity contribution in [3.8, 4) is 5.75 Å². The summed E-state index contributed by atoms with van der Waals surface area (Å²) >= 11 is 12.4. The van der Waals surface area contributed by atoms with Crippen molar-refractivity contribution in [3.63, 3.8) is 0 Å². The second-order valence-corrected chi connectivity index (χ2v) is 6.27. The molecule has 128 valence electrons. The van der Waals surface area contributed by atoms with Gasteiger partial charge in [0.15, 0.2) is 0 Å². The van der Waals surface area contributed by atoms with Gasteiger partial charge in [-0.3, -0.25) is 0 Å². The molecule has 0 saturated carbocycles. The molecule has 0 heterocycles. The second-order valence-electron chi connectivity index (χ2n) is 5.46. The van der Waals surface area contributed by atoms with Crippen molar-refractivity contribution in [2.24, 2.45) is 0 Å². The van der Waals surface area contributed by atoms with E-state index in [-0.39, 0.29) is 12.4 Å². The van der Waals surface area contributed by atoms with Gasteiger partial charge in [0.25, 0.3) is 0 Å². The highest BCUT2D eigenvalue weighted by Crippen LogP contribution is 2.27. The Morgan fingerprint density at radius 1 is 0.840 bits per heavy atom. The van der Waals surface area contributed by atoms with Crippen LogP contribution in [0.25, 0.3) is 0 Å². The Bertz CT molecular complexity index is 832. The molecule has 5 heteroatoms. The first kappa shape index (κ1) is 17.6. The third-order valence-corrected chi connectivity index (χ3v) is 4.44. The third kappa shape index (κ3) is 4.65. The molecule has 0 atom stereocenters. The molecule has 3 aromatic rings. The third-order valence-electron chi connectivity index (χ3n) is 3.73. The molecule has 25 heavy (non-hydrogen) atoms. The summed E-state index contributed by atoms with van der Waals surface area (Å²) in [4.78, 5) is 0. The first-order chi connectivity index (χ1) is 12.1. The number of para-hydroxylation sites is 1. The van der Waals surface area contributed by atoms with Gasteiger partial charge in [0.05, 0.1) is 0 Å². The monoisotopic (exact) mass is 375 g/mol.